The molecule has 2 rings (SSSR count). The fourth-order valence-corrected chi connectivity index (χ4v) is 2.88. The normalized spacial score (nSPS) is 12.1. The van der Waals surface area contributed by atoms with Crippen LogP contribution in [0.1, 0.15) is 17.2 Å². The Morgan fingerprint density at radius 2 is 1.92 bits per heavy atom. The second-order valence-corrected chi connectivity index (χ2v) is 6.68. The molecule has 2 aromatic carbocycles. The number of carbonyl (C=O) groups is 1. The third-order valence-electron chi connectivity index (χ3n) is 3.77. The molecule has 0 fully saturated rings. The van der Waals surface area contributed by atoms with Crippen LogP contribution in [0.15, 0.2) is 42.5 Å². The zero-order valence-corrected chi connectivity index (χ0v) is 15.5. The minimum atomic E-state index is -0.325. The average Bonchev–Trinajstić information content (AvgIpc) is 2.54. The molecule has 1 unspecified atom stereocenters. The molecule has 0 aliphatic heterocycles. The Labute approximate surface area is 156 Å². The highest BCUT2D eigenvalue weighted by Crippen LogP contribution is 2.21. The molecular formula is C18H20Cl2FN3O. The van der Waals surface area contributed by atoms with E-state index in [4.69, 9.17) is 23.2 Å². The molecule has 2 N–H and O–H groups in total. The van der Waals surface area contributed by atoms with Gasteiger partial charge in [-0.3, -0.25) is 0 Å². The maximum Gasteiger partial charge on any atom is 0.315 e. The summed E-state index contributed by atoms with van der Waals surface area (Å²) in [5, 5.41) is 6.59. The monoisotopic (exact) mass is 383 g/mol. The fourth-order valence-electron chi connectivity index (χ4n) is 2.40. The highest BCUT2D eigenvalue weighted by molar-refractivity contribution is 6.35. The van der Waals surface area contributed by atoms with Crippen molar-refractivity contribution < 1.29 is 9.18 Å². The van der Waals surface area contributed by atoms with Gasteiger partial charge in [0.15, 0.2) is 0 Å². The zero-order chi connectivity index (χ0) is 18.4. The van der Waals surface area contributed by atoms with E-state index in [2.05, 4.69) is 10.6 Å². The van der Waals surface area contributed by atoms with E-state index in [1.54, 1.807) is 24.3 Å². The van der Waals surface area contributed by atoms with Crippen LogP contribution in [-0.4, -0.2) is 31.6 Å². The van der Waals surface area contributed by atoms with Crippen LogP contribution in [0.2, 0.25) is 10.0 Å². The maximum atomic E-state index is 13.4. The van der Waals surface area contributed by atoms with Crippen molar-refractivity contribution >= 4 is 29.2 Å². The van der Waals surface area contributed by atoms with Crippen molar-refractivity contribution in [2.45, 2.75) is 12.6 Å². The first-order valence-corrected chi connectivity index (χ1v) is 8.50. The van der Waals surface area contributed by atoms with Crippen LogP contribution in [0.5, 0.6) is 0 Å². The van der Waals surface area contributed by atoms with Crippen molar-refractivity contribution in [3.8, 4) is 0 Å². The van der Waals surface area contributed by atoms with E-state index < -0.39 is 0 Å². The van der Waals surface area contributed by atoms with Crippen LogP contribution in [0.3, 0.4) is 0 Å². The SMILES string of the molecule is CN(C)C(CNC(=O)NCc1ccc(Cl)cc1Cl)c1cccc(F)c1. The molecule has 0 spiro atoms. The largest absolute Gasteiger partial charge is 0.336 e. The Hall–Kier alpha value is -1.82. The molecule has 0 aliphatic rings. The maximum absolute atomic E-state index is 13.4. The molecule has 4 nitrogen and oxygen atoms in total. The van der Waals surface area contributed by atoms with E-state index in [-0.39, 0.29) is 24.4 Å². The van der Waals surface area contributed by atoms with Crippen molar-refractivity contribution in [3.05, 3.63) is 69.5 Å². The molecule has 25 heavy (non-hydrogen) atoms. The number of likely N-dealkylation sites (N-methyl/N-ethyl adjacent to an activating group) is 1. The summed E-state index contributed by atoms with van der Waals surface area (Å²) >= 11 is 11.9. The number of urea groups is 1. The van der Waals surface area contributed by atoms with E-state index in [0.717, 1.165) is 11.1 Å². The van der Waals surface area contributed by atoms with E-state index in [9.17, 15) is 9.18 Å². The highest BCUT2D eigenvalue weighted by atomic mass is 35.5. The summed E-state index contributed by atoms with van der Waals surface area (Å²) in [5.41, 5.74) is 1.57. The fraction of sp³-hybridized carbons (Fsp3) is 0.278. The Morgan fingerprint density at radius 3 is 2.56 bits per heavy atom. The summed E-state index contributed by atoms with van der Waals surface area (Å²) in [4.78, 5) is 14.0. The lowest BCUT2D eigenvalue weighted by molar-refractivity contribution is 0.232. The Bertz CT molecular complexity index is 740. The minimum Gasteiger partial charge on any atom is -0.336 e. The average molecular weight is 384 g/mol. The van der Waals surface area contributed by atoms with Gasteiger partial charge in [-0.2, -0.15) is 0 Å². The van der Waals surface area contributed by atoms with Gasteiger partial charge in [0.2, 0.25) is 0 Å². The molecule has 0 saturated carbocycles. The first-order valence-electron chi connectivity index (χ1n) is 7.74. The Kier molecular flexibility index (Phi) is 7.05. The third kappa shape index (κ3) is 5.88. The van der Waals surface area contributed by atoms with Crippen LogP contribution in [0.25, 0.3) is 0 Å². The van der Waals surface area contributed by atoms with Crippen LogP contribution in [0.4, 0.5) is 9.18 Å². The minimum absolute atomic E-state index is 0.138. The predicted octanol–water partition coefficient (Wildman–Crippen LogP) is 4.23. The van der Waals surface area contributed by atoms with Gasteiger partial charge in [0.05, 0.1) is 6.04 Å². The van der Waals surface area contributed by atoms with Gasteiger partial charge >= 0.3 is 6.03 Å². The number of carbonyl (C=O) groups excluding carboxylic acids is 1. The number of amides is 2. The van der Waals surface area contributed by atoms with Gasteiger partial charge in [-0.05, 0) is 49.5 Å². The Morgan fingerprint density at radius 1 is 1.16 bits per heavy atom. The van der Waals surface area contributed by atoms with Gasteiger partial charge in [-0.25, -0.2) is 9.18 Å². The molecule has 1 atom stereocenters. The van der Waals surface area contributed by atoms with Crippen molar-refractivity contribution in [1.29, 1.82) is 0 Å². The van der Waals surface area contributed by atoms with Crippen LogP contribution < -0.4 is 10.6 Å². The van der Waals surface area contributed by atoms with Crippen LogP contribution in [0, 0.1) is 5.82 Å². The molecule has 2 amide bonds. The predicted molar refractivity (Wildman–Crippen MR) is 99.5 cm³/mol. The quantitative estimate of drug-likeness (QED) is 0.783. The number of nitrogens with zero attached hydrogens (tertiary/aromatic N) is 1. The number of rotatable bonds is 6. The van der Waals surface area contributed by atoms with Crippen molar-refractivity contribution in [1.82, 2.24) is 15.5 Å². The van der Waals surface area contributed by atoms with Crippen LogP contribution in [-0.2, 0) is 6.54 Å². The van der Waals surface area contributed by atoms with E-state index in [1.807, 2.05) is 25.1 Å². The molecule has 0 saturated heterocycles. The molecule has 0 bridgehead atoms. The molecule has 134 valence electrons. The van der Waals surface area contributed by atoms with E-state index >= 15 is 0 Å². The van der Waals surface area contributed by atoms with Gasteiger partial charge in [-0.1, -0.05) is 41.4 Å². The van der Waals surface area contributed by atoms with E-state index in [0.29, 0.717) is 16.6 Å². The van der Waals surface area contributed by atoms with Gasteiger partial charge in [0.25, 0.3) is 0 Å². The topological polar surface area (TPSA) is 44.4 Å². The molecule has 0 radical (unpaired) electrons. The number of hydrogen-bond donors (Lipinski definition) is 2. The number of nitrogens with one attached hydrogen (secondary N) is 2. The molecule has 7 heteroatoms. The molecule has 2 aromatic rings. The summed E-state index contributed by atoms with van der Waals surface area (Å²) in [7, 11) is 3.76. The lowest BCUT2D eigenvalue weighted by atomic mass is 10.1. The summed E-state index contributed by atoms with van der Waals surface area (Å²) in [5.74, 6) is -0.300. The summed E-state index contributed by atoms with van der Waals surface area (Å²) in [6, 6.07) is 11.0. The highest BCUT2D eigenvalue weighted by Gasteiger charge is 2.16. The second-order valence-electron chi connectivity index (χ2n) is 5.83. The first kappa shape index (κ1) is 19.5. The first-order chi connectivity index (χ1) is 11.9. The smallest absolute Gasteiger partial charge is 0.315 e. The lowest BCUT2D eigenvalue weighted by Crippen LogP contribution is -2.40. The molecular weight excluding hydrogens is 364 g/mol. The van der Waals surface area contributed by atoms with Crippen molar-refractivity contribution in [2.24, 2.45) is 0 Å². The van der Waals surface area contributed by atoms with Gasteiger partial charge in [-0.15, -0.1) is 0 Å². The standard InChI is InChI=1S/C18H20Cl2FN3O/c1-24(2)17(12-4-3-5-15(21)8-12)11-23-18(25)22-10-13-6-7-14(19)9-16(13)20/h3-9,17H,10-11H2,1-2H3,(H2,22,23,25). The van der Waals surface area contributed by atoms with Crippen molar-refractivity contribution in [3.63, 3.8) is 0 Å². The van der Waals surface area contributed by atoms with E-state index in [1.165, 1.54) is 12.1 Å². The molecule has 0 aromatic heterocycles. The Balaban J connectivity index is 1.91. The van der Waals surface area contributed by atoms with Gasteiger partial charge in [0, 0.05) is 23.1 Å². The number of halogens is 3. The van der Waals surface area contributed by atoms with Crippen molar-refractivity contribution in [2.75, 3.05) is 20.6 Å². The number of benzene rings is 2. The van der Waals surface area contributed by atoms with Crippen LogP contribution >= 0.6 is 23.2 Å². The molecule has 0 heterocycles. The van der Waals surface area contributed by atoms with Gasteiger partial charge < -0.3 is 15.5 Å². The summed E-state index contributed by atoms with van der Waals surface area (Å²) in [6.45, 7) is 0.630. The third-order valence-corrected chi connectivity index (χ3v) is 4.35. The van der Waals surface area contributed by atoms with Gasteiger partial charge in [0.1, 0.15) is 5.82 Å². The zero-order valence-electron chi connectivity index (χ0n) is 14.0. The second kappa shape index (κ2) is 9.04. The molecule has 0 aliphatic carbocycles. The summed E-state index contributed by atoms with van der Waals surface area (Å²) < 4.78 is 13.4. The lowest BCUT2D eigenvalue weighted by Gasteiger charge is -2.25. The number of hydrogen-bond acceptors (Lipinski definition) is 2. The summed E-state index contributed by atoms with van der Waals surface area (Å²) in [6.07, 6.45) is 0.